The predicted octanol–water partition coefficient (Wildman–Crippen LogP) is 2.33. The fraction of sp³-hybridized carbons (Fsp3) is 0.455. The summed E-state index contributed by atoms with van der Waals surface area (Å²) < 4.78 is 5.33. The molecule has 0 bridgehead atoms. The first-order chi connectivity index (χ1) is 21.1. The molecule has 2 fully saturated rings. The Bertz CT molecular complexity index is 1360. The van der Waals surface area contributed by atoms with E-state index in [4.69, 9.17) is 4.74 Å². The minimum Gasteiger partial charge on any atom is -0.462 e. The van der Waals surface area contributed by atoms with E-state index >= 15 is 0 Å². The number of unbranched alkanes of at least 4 members (excludes halogenated alkanes) is 1. The van der Waals surface area contributed by atoms with Crippen LogP contribution in [0.1, 0.15) is 78.7 Å². The Balaban J connectivity index is 1.48. The van der Waals surface area contributed by atoms with E-state index in [0.29, 0.717) is 43.4 Å². The van der Waals surface area contributed by atoms with E-state index in [1.54, 1.807) is 62.4 Å². The van der Waals surface area contributed by atoms with Gasteiger partial charge in [0.05, 0.1) is 12.2 Å². The summed E-state index contributed by atoms with van der Waals surface area (Å²) in [6, 6.07) is 12.7. The third-order valence-corrected chi connectivity index (χ3v) is 8.37. The van der Waals surface area contributed by atoms with Crippen molar-refractivity contribution >= 4 is 35.9 Å². The van der Waals surface area contributed by atoms with Crippen LogP contribution in [0.3, 0.4) is 0 Å². The molecule has 2 saturated heterocycles. The Morgan fingerprint density at radius 3 is 2.39 bits per heavy atom. The van der Waals surface area contributed by atoms with E-state index in [9.17, 15) is 28.8 Å². The topological polar surface area (TPSA) is 151 Å². The first-order valence-corrected chi connectivity index (χ1v) is 15.2. The minimum atomic E-state index is -1.35. The molecule has 234 valence electrons. The highest BCUT2D eigenvalue weighted by Crippen LogP contribution is 2.22. The van der Waals surface area contributed by atoms with Crippen LogP contribution in [0.25, 0.3) is 0 Å². The van der Waals surface area contributed by atoms with Gasteiger partial charge in [-0.1, -0.05) is 49.4 Å². The Kier molecular flexibility index (Phi) is 10.9. The molecule has 0 aromatic heterocycles. The minimum absolute atomic E-state index is 0.148. The van der Waals surface area contributed by atoms with Gasteiger partial charge in [-0.05, 0) is 63.1 Å². The predicted molar refractivity (Wildman–Crippen MR) is 162 cm³/mol. The molecule has 11 nitrogen and oxygen atoms in total. The second-order valence-corrected chi connectivity index (χ2v) is 11.5. The average molecular weight is 605 g/mol. The largest absolute Gasteiger partial charge is 0.462 e. The Morgan fingerprint density at radius 1 is 0.977 bits per heavy atom. The summed E-state index contributed by atoms with van der Waals surface area (Å²) >= 11 is 0. The monoisotopic (exact) mass is 604 g/mol. The summed E-state index contributed by atoms with van der Waals surface area (Å²) in [5.41, 5.74) is 0.320. The second-order valence-electron chi connectivity index (χ2n) is 11.5. The second kappa shape index (κ2) is 14.8. The van der Waals surface area contributed by atoms with Gasteiger partial charge in [0.2, 0.25) is 23.6 Å². The highest BCUT2D eigenvalue weighted by atomic mass is 16.5. The van der Waals surface area contributed by atoms with Gasteiger partial charge >= 0.3 is 5.97 Å². The molecule has 2 heterocycles. The Hall–Kier alpha value is -4.54. The number of nitrogens with zero attached hydrogens (tertiary/aromatic N) is 1. The molecular weight excluding hydrogens is 564 g/mol. The van der Waals surface area contributed by atoms with Crippen molar-refractivity contribution in [3.8, 4) is 0 Å². The number of benzene rings is 2. The summed E-state index contributed by atoms with van der Waals surface area (Å²) in [5.74, 6) is -2.25. The van der Waals surface area contributed by atoms with E-state index in [1.165, 1.54) is 4.90 Å². The molecule has 2 aromatic rings. The maximum Gasteiger partial charge on any atom is 0.338 e. The summed E-state index contributed by atoms with van der Waals surface area (Å²) in [6.45, 7) is 3.84. The SMILES string of the molecule is CC[C@]1(C)NC(=O)[C@H](CCCCOC(=O)c2ccccc2)NC(=O)[C@H]2CCCN2C(=O)[C@H](Cc2ccc(C=O)cc2)NC1=O. The lowest BCUT2D eigenvalue weighted by Gasteiger charge is -2.36. The zero-order valence-corrected chi connectivity index (χ0v) is 25.2. The molecule has 0 unspecified atom stereocenters. The summed E-state index contributed by atoms with van der Waals surface area (Å²) in [7, 11) is 0. The number of ether oxygens (including phenoxy) is 1. The van der Waals surface area contributed by atoms with Crippen LogP contribution in [0.4, 0.5) is 0 Å². The van der Waals surface area contributed by atoms with Crippen molar-refractivity contribution in [2.75, 3.05) is 13.2 Å². The molecule has 2 aliphatic rings. The lowest BCUT2D eigenvalue weighted by molar-refractivity contribution is -0.144. The lowest BCUT2D eigenvalue weighted by atomic mass is 9.94. The first-order valence-electron chi connectivity index (χ1n) is 15.2. The van der Waals surface area contributed by atoms with Crippen LogP contribution >= 0.6 is 0 Å². The molecule has 11 heteroatoms. The van der Waals surface area contributed by atoms with Crippen molar-refractivity contribution in [3.05, 3.63) is 71.3 Å². The number of amides is 4. The zero-order chi connectivity index (χ0) is 31.7. The molecule has 2 aromatic carbocycles. The number of fused-ring (bicyclic) bond motifs is 1. The summed E-state index contributed by atoms with van der Waals surface area (Å²) in [4.78, 5) is 79.3. The first kappa shape index (κ1) is 32.4. The van der Waals surface area contributed by atoms with E-state index in [2.05, 4.69) is 16.0 Å². The van der Waals surface area contributed by atoms with Gasteiger partial charge in [0.1, 0.15) is 30.0 Å². The molecule has 0 aliphatic carbocycles. The van der Waals surface area contributed by atoms with E-state index in [1.807, 2.05) is 6.07 Å². The van der Waals surface area contributed by atoms with E-state index in [-0.39, 0.29) is 31.8 Å². The van der Waals surface area contributed by atoms with Crippen LogP contribution in [0.2, 0.25) is 0 Å². The van der Waals surface area contributed by atoms with Crippen LogP contribution < -0.4 is 16.0 Å². The van der Waals surface area contributed by atoms with Gasteiger partial charge in [-0.3, -0.25) is 24.0 Å². The van der Waals surface area contributed by atoms with Crippen molar-refractivity contribution in [2.24, 2.45) is 0 Å². The molecule has 4 rings (SSSR count). The molecule has 2 aliphatic heterocycles. The van der Waals surface area contributed by atoms with Crippen LogP contribution in [-0.4, -0.2) is 77.6 Å². The van der Waals surface area contributed by atoms with Gasteiger partial charge in [0.15, 0.2) is 0 Å². The third-order valence-electron chi connectivity index (χ3n) is 8.37. The number of aldehydes is 1. The normalized spacial score (nSPS) is 24.2. The number of esters is 1. The molecule has 44 heavy (non-hydrogen) atoms. The van der Waals surface area contributed by atoms with E-state index < -0.39 is 47.4 Å². The highest BCUT2D eigenvalue weighted by Gasteiger charge is 2.43. The Morgan fingerprint density at radius 2 is 1.70 bits per heavy atom. The van der Waals surface area contributed by atoms with Gasteiger partial charge in [-0.15, -0.1) is 0 Å². The molecular formula is C33H40N4O7. The third kappa shape index (κ3) is 7.89. The maximum absolute atomic E-state index is 13.9. The van der Waals surface area contributed by atoms with E-state index in [0.717, 1.165) is 11.8 Å². The quantitative estimate of drug-likeness (QED) is 0.214. The molecule has 0 saturated carbocycles. The lowest BCUT2D eigenvalue weighted by Crippen LogP contribution is -2.65. The molecule has 4 atom stereocenters. The van der Waals surface area contributed by atoms with Crippen molar-refractivity contribution in [2.45, 2.75) is 82.5 Å². The number of hydrogen-bond donors (Lipinski definition) is 3. The van der Waals surface area contributed by atoms with Crippen molar-refractivity contribution in [1.29, 1.82) is 0 Å². The molecule has 0 radical (unpaired) electrons. The summed E-state index contributed by atoms with van der Waals surface area (Å²) in [5, 5.41) is 8.52. The zero-order valence-electron chi connectivity index (χ0n) is 25.2. The number of carbonyl (C=O) groups excluding carboxylic acids is 6. The van der Waals surface area contributed by atoms with Gasteiger partial charge < -0.3 is 25.6 Å². The van der Waals surface area contributed by atoms with Crippen LogP contribution in [0, 0.1) is 0 Å². The maximum atomic E-state index is 13.9. The average Bonchev–Trinajstić information content (AvgIpc) is 3.53. The standard InChI is InChI=1S/C33H40N4O7/c1-3-33(2)32(43)35-26(20-22-14-16-23(21-38)17-15-22)30(41)37-18-9-13-27(37)29(40)34-25(28(39)36-33)12-7-8-19-44-31(42)24-10-5-4-6-11-24/h4-6,10-11,14-17,21,25-27H,3,7-9,12-13,18-20H2,1-2H3,(H,34,40)(H,35,43)(H,36,39)/t25-,26-,27+,33-/m0/s1. The fourth-order valence-corrected chi connectivity index (χ4v) is 5.46. The van der Waals surface area contributed by atoms with Gasteiger partial charge in [-0.2, -0.15) is 0 Å². The van der Waals surface area contributed by atoms with Crippen molar-refractivity contribution < 1.29 is 33.5 Å². The fourth-order valence-electron chi connectivity index (χ4n) is 5.46. The van der Waals surface area contributed by atoms with Crippen LogP contribution in [-0.2, 0) is 30.3 Å². The van der Waals surface area contributed by atoms with Crippen molar-refractivity contribution in [3.63, 3.8) is 0 Å². The number of nitrogens with one attached hydrogen (secondary N) is 3. The summed E-state index contributed by atoms with van der Waals surface area (Å²) in [6.07, 6.45) is 3.34. The van der Waals surface area contributed by atoms with Crippen LogP contribution in [0.5, 0.6) is 0 Å². The smallest absolute Gasteiger partial charge is 0.338 e. The molecule has 3 N–H and O–H groups in total. The highest BCUT2D eigenvalue weighted by molar-refractivity contribution is 5.99. The molecule has 4 amide bonds. The number of carbonyl (C=O) groups is 6. The van der Waals surface area contributed by atoms with Gasteiger partial charge in [0, 0.05) is 18.5 Å². The number of rotatable bonds is 10. The number of hydrogen-bond acceptors (Lipinski definition) is 7. The van der Waals surface area contributed by atoms with Crippen LogP contribution in [0.15, 0.2) is 54.6 Å². The molecule has 0 spiro atoms. The van der Waals surface area contributed by atoms with Gasteiger partial charge in [-0.25, -0.2) is 4.79 Å². The Labute approximate surface area is 257 Å². The van der Waals surface area contributed by atoms with Crippen molar-refractivity contribution in [1.82, 2.24) is 20.9 Å². The van der Waals surface area contributed by atoms with Gasteiger partial charge in [0.25, 0.3) is 0 Å².